The van der Waals surface area contributed by atoms with Crippen molar-refractivity contribution in [3.05, 3.63) is 35.1 Å². The molecule has 0 aliphatic rings. The van der Waals surface area contributed by atoms with Gasteiger partial charge in [-0.05, 0) is 30.2 Å². The molecule has 16 heavy (non-hydrogen) atoms. The summed E-state index contributed by atoms with van der Waals surface area (Å²) in [5, 5.41) is 0. The summed E-state index contributed by atoms with van der Waals surface area (Å²) in [5.74, 6) is 0.660. The first-order valence-electron chi connectivity index (χ1n) is 5.45. The minimum Gasteiger partial charge on any atom is -0.323 e. The second-order valence-corrected chi connectivity index (χ2v) is 6.88. The van der Waals surface area contributed by atoms with E-state index in [1.54, 1.807) is 6.07 Å². The van der Waals surface area contributed by atoms with Crippen molar-refractivity contribution in [1.82, 2.24) is 0 Å². The summed E-state index contributed by atoms with van der Waals surface area (Å²) in [6.45, 7) is 8.41. The van der Waals surface area contributed by atoms with Gasteiger partial charge in [0.25, 0.3) is 0 Å². The Morgan fingerprint density at radius 2 is 2.00 bits per heavy atom. The molecule has 0 saturated heterocycles. The minimum atomic E-state index is -0.197. The third-order valence-corrected chi connectivity index (χ3v) is 3.72. The molecule has 1 atom stereocenters. The number of rotatable bonds is 3. The number of hydrogen-bond donors (Lipinski definition) is 1. The van der Waals surface area contributed by atoms with E-state index in [-0.39, 0.29) is 16.6 Å². The van der Waals surface area contributed by atoms with Crippen molar-refractivity contribution in [2.75, 3.05) is 5.75 Å². The molecule has 3 heteroatoms. The highest BCUT2D eigenvalue weighted by Crippen LogP contribution is 2.28. The van der Waals surface area contributed by atoms with Gasteiger partial charge in [-0.2, -0.15) is 11.8 Å². The maximum absolute atomic E-state index is 12.9. The maximum Gasteiger partial charge on any atom is 0.123 e. The summed E-state index contributed by atoms with van der Waals surface area (Å²) in [5.41, 5.74) is 8.08. The van der Waals surface area contributed by atoms with Crippen molar-refractivity contribution in [1.29, 1.82) is 0 Å². The van der Waals surface area contributed by atoms with Crippen LogP contribution in [0.25, 0.3) is 0 Å². The normalized spacial score (nSPS) is 13.9. The standard InChI is InChI=1S/C13H20FNS/c1-9-7-10(14)5-6-11(9)12(15)8-16-13(2,3)4/h5-7,12H,8,15H2,1-4H3. The SMILES string of the molecule is Cc1cc(F)ccc1C(N)CSC(C)(C)C. The molecule has 0 spiro atoms. The molecule has 1 rings (SSSR count). The fraction of sp³-hybridized carbons (Fsp3) is 0.538. The Bertz CT molecular complexity index is 357. The van der Waals surface area contributed by atoms with Gasteiger partial charge >= 0.3 is 0 Å². The van der Waals surface area contributed by atoms with Crippen molar-refractivity contribution < 1.29 is 4.39 Å². The van der Waals surface area contributed by atoms with Crippen molar-refractivity contribution >= 4 is 11.8 Å². The Labute approximate surface area is 102 Å². The topological polar surface area (TPSA) is 26.0 Å². The molecule has 1 aromatic carbocycles. The van der Waals surface area contributed by atoms with E-state index < -0.39 is 0 Å². The second kappa shape index (κ2) is 5.19. The number of benzene rings is 1. The summed E-state index contributed by atoms with van der Waals surface area (Å²) in [6, 6.07) is 4.78. The van der Waals surface area contributed by atoms with Crippen LogP contribution in [0.3, 0.4) is 0 Å². The van der Waals surface area contributed by atoms with Crippen LogP contribution in [0.2, 0.25) is 0 Å². The molecule has 0 saturated carbocycles. The Kier molecular flexibility index (Phi) is 4.39. The molecule has 0 heterocycles. The van der Waals surface area contributed by atoms with E-state index in [0.717, 1.165) is 16.9 Å². The Hall–Kier alpha value is -0.540. The summed E-state index contributed by atoms with van der Waals surface area (Å²) < 4.78 is 13.2. The summed E-state index contributed by atoms with van der Waals surface area (Å²) in [7, 11) is 0. The molecular formula is C13H20FNS. The zero-order chi connectivity index (χ0) is 12.3. The summed E-state index contributed by atoms with van der Waals surface area (Å²) >= 11 is 1.83. The monoisotopic (exact) mass is 241 g/mol. The molecule has 1 unspecified atom stereocenters. The van der Waals surface area contributed by atoms with Crippen LogP contribution >= 0.6 is 11.8 Å². The Balaban J connectivity index is 2.70. The van der Waals surface area contributed by atoms with E-state index in [4.69, 9.17) is 5.73 Å². The molecule has 2 N–H and O–H groups in total. The van der Waals surface area contributed by atoms with E-state index in [1.165, 1.54) is 12.1 Å². The first kappa shape index (κ1) is 13.5. The van der Waals surface area contributed by atoms with Gasteiger partial charge in [-0.15, -0.1) is 0 Å². The molecular weight excluding hydrogens is 221 g/mol. The first-order chi connectivity index (χ1) is 7.29. The maximum atomic E-state index is 12.9. The third kappa shape index (κ3) is 4.14. The van der Waals surface area contributed by atoms with Crippen molar-refractivity contribution in [2.24, 2.45) is 5.73 Å². The number of aryl methyl sites for hydroxylation is 1. The molecule has 0 aromatic heterocycles. The van der Waals surface area contributed by atoms with Crippen LogP contribution in [0.1, 0.15) is 37.9 Å². The largest absolute Gasteiger partial charge is 0.323 e. The number of thioether (sulfide) groups is 1. The van der Waals surface area contributed by atoms with Crippen molar-refractivity contribution in [3.63, 3.8) is 0 Å². The van der Waals surface area contributed by atoms with Gasteiger partial charge in [0.15, 0.2) is 0 Å². The lowest BCUT2D eigenvalue weighted by atomic mass is 10.0. The highest BCUT2D eigenvalue weighted by Gasteiger charge is 2.15. The lowest BCUT2D eigenvalue weighted by molar-refractivity contribution is 0.624. The molecule has 1 nitrogen and oxygen atoms in total. The van der Waals surface area contributed by atoms with Crippen molar-refractivity contribution in [3.8, 4) is 0 Å². The Morgan fingerprint density at radius 1 is 1.38 bits per heavy atom. The van der Waals surface area contributed by atoms with Gasteiger partial charge in [0, 0.05) is 16.5 Å². The van der Waals surface area contributed by atoms with E-state index >= 15 is 0 Å². The van der Waals surface area contributed by atoms with Gasteiger partial charge in [0.05, 0.1) is 0 Å². The fourth-order valence-corrected chi connectivity index (χ4v) is 2.34. The highest BCUT2D eigenvalue weighted by molar-refractivity contribution is 8.00. The van der Waals surface area contributed by atoms with Crippen LogP contribution in [0, 0.1) is 12.7 Å². The van der Waals surface area contributed by atoms with Crippen LogP contribution in [0.4, 0.5) is 4.39 Å². The molecule has 0 amide bonds. The van der Waals surface area contributed by atoms with Gasteiger partial charge < -0.3 is 5.73 Å². The molecule has 1 aromatic rings. The van der Waals surface area contributed by atoms with E-state index in [0.29, 0.717) is 0 Å². The van der Waals surface area contributed by atoms with E-state index in [1.807, 2.05) is 18.7 Å². The highest BCUT2D eigenvalue weighted by atomic mass is 32.2. The third-order valence-electron chi connectivity index (χ3n) is 2.33. The van der Waals surface area contributed by atoms with Gasteiger partial charge in [0.1, 0.15) is 5.82 Å². The Morgan fingerprint density at radius 3 is 2.50 bits per heavy atom. The number of halogens is 1. The lowest BCUT2D eigenvalue weighted by Gasteiger charge is -2.21. The predicted molar refractivity (Wildman–Crippen MR) is 70.3 cm³/mol. The average Bonchev–Trinajstić information content (AvgIpc) is 2.13. The number of nitrogens with two attached hydrogens (primary N) is 1. The minimum absolute atomic E-state index is 0.0233. The lowest BCUT2D eigenvalue weighted by Crippen LogP contribution is -2.18. The second-order valence-electron chi connectivity index (χ2n) is 5.03. The predicted octanol–water partition coefficient (Wildman–Crippen LogP) is 3.67. The van der Waals surface area contributed by atoms with Gasteiger partial charge in [0.2, 0.25) is 0 Å². The zero-order valence-corrected chi connectivity index (χ0v) is 11.2. The molecule has 90 valence electrons. The number of hydrogen-bond acceptors (Lipinski definition) is 2. The van der Waals surface area contributed by atoms with Crippen LogP contribution in [-0.2, 0) is 0 Å². The molecule has 0 aliphatic heterocycles. The summed E-state index contributed by atoms with van der Waals surface area (Å²) in [6.07, 6.45) is 0. The van der Waals surface area contributed by atoms with Crippen LogP contribution < -0.4 is 5.73 Å². The van der Waals surface area contributed by atoms with Gasteiger partial charge in [-0.25, -0.2) is 4.39 Å². The fourth-order valence-electron chi connectivity index (χ4n) is 1.48. The average molecular weight is 241 g/mol. The van der Waals surface area contributed by atoms with Crippen molar-refractivity contribution in [2.45, 2.75) is 38.5 Å². The first-order valence-corrected chi connectivity index (χ1v) is 6.44. The van der Waals surface area contributed by atoms with E-state index in [9.17, 15) is 4.39 Å². The van der Waals surface area contributed by atoms with Crippen LogP contribution in [-0.4, -0.2) is 10.5 Å². The van der Waals surface area contributed by atoms with Gasteiger partial charge in [-0.1, -0.05) is 26.8 Å². The summed E-state index contributed by atoms with van der Waals surface area (Å²) in [4.78, 5) is 0. The van der Waals surface area contributed by atoms with Gasteiger partial charge in [-0.3, -0.25) is 0 Å². The van der Waals surface area contributed by atoms with E-state index in [2.05, 4.69) is 20.8 Å². The van der Waals surface area contributed by atoms with Crippen LogP contribution in [0.15, 0.2) is 18.2 Å². The zero-order valence-electron chi connectivity index (χ0n) is 10.4. The smallest absolute Gasteiger partial charge is 0.123 e. The molecule has 0 fully saturated rings. The quantitative estimate of drug-likeness (QED) is 0.874. The molecule has 0 radical (unpaired) electrons. The molecule has 0 aliphatic carbocycles. The molecule has 0 bridgehead atoms. The van der Waals surface area contributed by atoms with Crippen LogP contribution in [0.5, 0.6) is 0 Å².